The van der Waals surface area contributed by atoms with E-state index in [-0.39, 0.29) is 6.15 Å². The summed E-state index contributed by atoms with van der Waals surface area (Å²) in [5.41, 5.74) is 4.00. The van der Waals surface area contributed by atoms with Crippen LogP contribution in [0.2, 0.25) is 0 Å². The Labute approximate surface area is 121 Å². The van der Waals surface area contributed by atoms with E-state index in [9.17, 15) is 0 Å². The molecule has 1 nitrogen and oxygen atoms in total. The molecule has 0 aliphatic heterocycles. The van der Waals surface area contributed by atoms with Crippen LogP contribution in [0.15, 0.2) is 91.0 Å². The van der Waals surface area contributed by atoms with E-state index in [1.54, 1.807) is 0 Å². The normalized spacial score (nSPS) is 9.60. The standard InChI is InChI=1S/C18H15B.H3N/c1-4-10-16(11-5-1)19(17-12-6-2-7-13-17)18-14-8-3-9-15-18;/h1-15H;1H3. The molecule has 0 spiro atoms. The minimum Gasteiger partial charge on any atom is -0.344 e. The Morgan fingerprint density at radius 2 is 0.650 bits per heavy atom. The van der Waals surface area contributed by atoms with Crippen molar-refractivity contribution in [1.82, 2.24) is 6.15 Å². The molecule has 3 N–H and O–H groups in total. The lowest BCUT2D eigenvalue weighted by molar-refractivity contribution is 1.71. The second-order valence-electron chi connectivity index (χ2n) is 4.67. The minimum atomic E-state index is 0. The third-order valence-electron chi connectivity index (χ3n) is 3.40. The van der Waals surface area contributed by atoms with Gasteiger partial charge in [0.2, 0.25) is 6.71 Å². The number of hydrogen-bond donors (Lipinski definition) is 1. The lowest BCUT2D eigenvalue weighted by Crippen LogP contribution is -2.51. The highest BCUT2D eigenvalue weighted by Gasteiger charge is 2.20. The summed E-state index contributed by atoms with van der Waals surface area (Å²) in [6, 6.07) is 32.0. The molecule has 0 atom stereocenters. The smallest absolute Gasteiger partial charge is 0.241 e. The third kappa shape index (κ3) is 2.98. The summed E-state index contributed by atoms with van der Waals surface area (Å²) in [7, 11) is 0. The summed E-state index contributed by atoms with van der Waals surface area (Å²) in [4.78, 5) is 0. The van der Waals surface area contributed by atoms with E-state index >= 15 is 0 Å². The van der Waals surface area contributed by atoms with E-state index in [2.05, 4.69) is 91.0 Å². The summed E-state index contributed by atoms with van der Waals surface area (Å²) in [5.74, 6) is 0. The van der Waals surface area contributed by atoms with Gasteiger partial charge in [-0.2, -0.15) is 0 Å². The molecule has 0 aliphatic rings. The van der Waals surface area contributed by atoms with Gasteiger partial charge < -0.3 is 6.15 Å². The Balaban J connectivity index is 0.00000147. The van der Waals surface area contributed by atoms with Crippen LogP contribution in [0.3, 0.4) is 0 Å². The maximum Gasteiger partial charge on any atom is 0.241 e. The maximum atomic E-state index is 2.20. The Kier molecular flexibility index (Phi) is 4.75. The van der Waals surface area contributed by atoms with Gasteiger partial charge in [-0.05, 0) is 0 Å². The molecule has 0 aromatic heterocycles. The van der Waals surface area contributed by atoms with Gasteiger partial charge in [0.05, 0.1) is 0 Å². The van der Waals surface area contributed by atoms with E-state index < -0.39 is 0 Å². The second-order valence-corrected chi connectivity index (χ2v) is 4.67. The zero-order valence-electron chi connectivity index (χ0n) is 11.4. The fourth-order valence-corrected chi connectivity index (χ4v) is 2.51. The molecule has 3 aromatic rings. The van der Waals surface area contributed by atoms with Crippen LogP contribution in [0.1, 0.15) is 0 Å². The van der Waals surface area contributed by atoms with Gasteiger partial charge in [0.15, 0.2) is 0 Å². The summed E-state index contributed by atoms with van der Waals surface area (Å²) in [6.45, 7) is 0.309. The molecule has 3 rings (SSSR count). The van der Waals surface area contributed by atoms with E-state index in [1.807, 2.05) is 0 Å². The predicted molar refractivity (Wildman–Crippen MR) is 89.0 cm³/mol. The molecular weight excluding hydrogens is 241 g/mol. The molecule has 0 heterocycles. The molecule has 0 unspecified atom stereocenters. The van der Waals surface area contributed by atoms with Crippen LogP contribution in [0, 0.1) is 0 Å². The fourth-order valence-electron chi connectivity index (χ4n) is 2.51. The maximum absolute atomic E-state index is 2.20. The van der Waals surface area contributed by atoms with Crippen LogP contribution in [0.4, 0.5) is 0 Å². The monoisotopic (exact) mass is 259 g/mol. The molecular formula is C18H18BN. The number of hydrogen-bond acceptors (Lipinski definition) is 1. The molecule has 0 aliphatic carbocycles. The van der Waals surface area contributed by atoms with E-state index in [0.29, 0.717) is 6.71 Å². The van der Waals surface area contributed by atoms with Gasteiger partial charge in [0.1, 0.15) is 0 Å². The van der Waals surface area contributed by atoms with Gasteiger partial charge in [-0.15, -0.1) is 0 Å². The van der Waals surface area contributed by atoms with Crippen molar-refractivity contribution in [3.05, 3.63) is 91.0 Å². The first kappa shape index (κ1) is 14.1. The largest absolute Gasteiger partial charge is 0.344 e. The van der Waals surface area contributed by atoms with Crippen molar-refractivity contribution in [3.8, 4) is 0 Å². The molecule has 20 heavy (non-hydrogen) atoms. The Bertz CT molecular complexity index is 529. The van der Waals surface area contributed by atoms with Crippen molar-refractivity contribution in [1.29, 1.82) is 0 Å². The lowest BCUT2D eigenvalue weighted by Gasteiger charge is -2.15. The topological polar surface area (TPSA) is 35.0 Å². The summed E-state index contributed by atoms with van der Waals surface area (Å²) in [5, 5.41) is 0. The third-order valence-corrected chi connectivity index (χ3v) is 3.40. The number of rotatable bonds is 3. The Morgan fingerprint density at radius 1 is 0.400 bits per heavy atom. The molecule has 0 radical (unpaired) electrons. The predicted octanol–water partition coefficient (Wildman–Crippen LogP) is 2.36. The second kappa shape index (κ2) is 6.74. The van der Waals surface area contributed by atoms with Gasteiger partial charge in [0, 0.05) is 0 Å². The van der Waals surface area contributed by atoms with Gasteiger partial charge in [-0.1, -0.05) is 107 Å². The van der Waals surface area contributed by atoms with Crippen LogP contribution >= 0.6 is 0 Å². The van der Waals surface area contributed by atoms with Crippen molar-refractivity contribution in [2.75, 3.05) is 0 Å². The molecule has 2 heteroatoms. The summed E-state index contributed by atoms with van der Waals surface area (Å²) in [6.07, 6.45) is 0. The lowest BCUT2D eigenvalue weighted by atomic mass is 9.37. The molecule has 0 saturated carbocycles. The molecule has 0 saturated heterocycles. The highest BCUT2D eigenvalue weighted by atomic mass is 14.0. The molecule has 0 amide bonds. The van der Waals surface area contributed by atoms with Crippen LogP contribution < -0.4 is 22.5 Å². The van der Waals surface area contributed by atoms with Crippen molar-refractivity contribution in [2.45, 2.75) is 0 Å². The average Bonchev–Trinajstić information content (AvgIpc) is 2.51. The van der Waals surface area contributed by atoms with Crippen molar-refractivity contribution < 1.29 is 0 Å². The van der Waals surface area contributed by atoms with Crippen LogP contribution in [0.25, 0.3) is 0 Å². The highest BCUT2D eigenvalue weighted by Crippen LogP contribution is 1.95. The fraction of sp³-hybridized carbons (Fsp3) is 0. The highest BCUT2D eigenvalue weighted by molar-refractivity contribution is 6.95. The zero-order chi connectivity index (χ0) is 12.9. The van der Waals surface area contributed by atoms with E-state index in [1.165, 1.54) is 16.4 Å². The van der Waals surface area contributed by atoms with Crippen LogP contribution in [-0.4, -0.2) is 6.71 Å². The van der Waals surface area contributed by atoms with Crippen molar-refractivity contribution in [2.24, 2.45) is 0 Å². The van der Waals surface area contributed by atoms with Crippen LogP contribution in [0.5, 0.6) is 0 Å². The van der Waals surface area contributed by atoms with Gasteiger partial charge in [-0.25, -0.2) is 0 Å². The summed E-state index contributed by atoms with van der Waals surface area (Å²) < 4.78 is 0. The number of benzene rings is 3. The van der Waals surface area contributed by atoms with Gasteiger partial charge >= 0.3 is 0 Å². The Hall–Kier alpha value is -2.32. The first-order valence-electron chi connectivity index (χ1n) is 6.60. The molecule has 0 bridgehead atoms. The molecule has 0 fully saturated rings. The van der Waals surface area contributed by atoms with Crippen molar-refractivity contribution >= 4 is 23.1 Å². The average molecular weight is 259 g/mol. The van der Waals surface area contributed by atoms with E-state index in [4.69, 9.17) is 0 Å². The molecule has 3 aromatic carbocycles. The Morgan fingerprint density at radius 3 is 0.900 bits per heavy atom. The quantitative estimate of drug-likeness (QED) is 0.720. The molecule has 98 valence electrons. The minimum absolute atomic E-state index is 0. The first-order valence-corrected chi connectivity index (χ1v) is 6.60. The SMILES string of the molecule is N.c1ccc(B(c2ccccc2)c2ccccc2)cc1. The summed E-state index contributed by atoms with van der Waals surface area (Å²) >= 11 is 0. The zero-order valence-corrected chi connectivity index (χ0v) is 11.4. The van der Waals surface area contributed by atoms with E-state index in [0.717, 1.165) is 0 Å². The van der Waals surface area contributed by atoms with Crippen molar-refractivity contribution in [3.63, 3.8) is 0 Å². The van der Waals surface area contributed by atoms with Gasteiger partial charge in [-0.3, -0.25) is 0 Å². The van der Waals surface area contributed by atoms with Crippen LogP contribution in [-0.2, 0) is 0 Å². The first-order chi connectivity index (χ1) is 9.45. The van der Waals surface area contributed by atoms with Gasteiger partial charge in [0.25, 0.3) is 0 Å².